The number of aromatic nitrogens is 5. The van der Waals surface area contributed by atoms with Gasteiger partial charge in [0.25, 0.3) is 0 Å². The molecule has 2 fully saturated rings. The van der Waals surface area contributed by atoms with Crippen molar-refractivity contribution < 1.29 is 0 Å². The molecule has 6 nitrogen and oxygen atoms in total. The van der Waals surface area contributed by atoms with Crippen LogP contribution in [0.1, 0.15) is 56.0 Å². The van der Waals surface area contributed by atoms with Crippen molar-refractivity contribution in [2.75, 3.05) is 0 Å². The second kappa shape index (κ2) is 5.60. The van der Waals surface area contributed by atoms with Crippen LogP contribution in [0.15, 0.2) is 18.5 Å². The Morgan fingerprint density at radius 1 is 1.14 bits per heavy atom. The molecule has 0 bridgehead atoms. The summed E-state index contributed by atoms with van der Waals surface area (Å²) in [6.45, 7) is 1.53. The predicted molar refractivity (Wildman–Crippen MR) is 78.7 cm³/mol. The highest BCUT2D eigenvalue weighted by molar-refractivity contribution is 5.02. The molecule has 0 radical (unpaired) electrons. The van der Waals surface area contributed by atoms with Crippen LogP contribution in [-0.2, 0) is 13.1 Å². The van der Waals surface area contributed by atoms with Crippen molar-refractivity contribution in [2.45, 2.75) is 63.7 Å². The molecule has 1 N–H and O–H groups in total. The van der Waals surface area contributed by atoms with Gasteiger partial charge in [0.05, 0.1) is 30.2 Å². The molecule has 0 atom stereocenters. The summed E-state index contributed by atoms with van der Waals surface area (Å²) in [7, 11) is 0. The first-order chi connectivity index (χ1) is 10.4. The highest BCUT2D eigenvalue weighted by atomic mass is 15.4. The Balaban J connectivity index is 1.36. The second-order valence-electron chi connectivity index (χ2n) is 6.29. The fourth-order valence-electron chi connectivity index (χ4n) is 3.03. The van der Waals surface area contributed by atoms with Gasteiger partial charge in [-0.25, -0.2) is 4.68 Å². The van der Waals surface area contributed by atoms with E-state index in [2.05, 4.69) is 32.6 Å². The van der Waals surface area contributed by atoms with Crippen LogP contribution in [0.3, 0.4) is 0 Å². The van der Waals surface area contributed by atoms with E-state index in [1.165, 1.54) is 38.5 Å². The van der Waals surface area contributed by atoms with E-state index in [1.807, 2.05) is 10.9 Å². The average molecular weight is 286 g/mol. The molecule has 21 heavy (non-hydrogen) atoms. The van der Waals surface area contributed by atoms with Gasteiger partial charge in [0.2, 0.25) is 0 Å². The van der Waals surface area contributed by atoms with Crippen LogP contribution >= 0.6 is 0 Å². The Kier molecular flexibility index (Phi) is 3.47. The zero-order chi connectivity index (χ0) is 14.1. The Morgan fingerprint density at radius 2 is 2.00 bits per heavy atom. The predicted octanol–water partition coefficient (Wildman–Crippen LogP) is 1.89. The molecular formula is C15H22N6. The highest BCUT2D eigenvalue weighted by Gasteiger charge is 2.20. The van der Waals surface area contributed by atoms with Gasteiger partial charge >= 0.3 is 0 Å². The third kappa shape index (κ3) is 3.15. The SMILES string of the molecule is c1cn(C2CCCC2)nc1Cn1cc(CNC2CC2)nn1. The van der Waals surface area contributed by atoms with Crippen LogP contribution in [0.4, 0.5) is 0 Å². The maximum Gasteiger partial charge on any atom is 0.0965 e. The molecule has 0 amide bonds. The average Bonchev–Trinajstić information content (AvgIpc) is 2.93. The molecule has 2 aromatic heterocycles. The van der Waals surface area contributed by atoms with E-state index in [4.69, 9.17) is 5.10 Å². The Bertz CT molecular complexity index is 591. The third-order valence-electron chi connectivity index (χ3n) is 4.42. The molecule has 2 aliphatic carbocycles. The van der Waals surface area contributed by atoms with E-state index in [9.17, 15) is 0 Å². The number of nitrogens with one attached hydrogen (secondary N) is 1. The fourth-order valence-corrected chi connectivity index (χ4v) is 3.03. The lowest BCUT2D eigenvalue weighted by Crippen LogP contribution is -2.15. The summed E-state index contributed by atoms with van der Waals surface area (Å²) < 4.78 is 4.01. The van der Waals surface area contributed by atoms with Crippen LogP contribution in [0.5, 0.6) is 0 Å². The van der Waals surface area contributed by atoms with Crippen LogP contribution in [0.25, 0.3) is 0 Å². The van der Waals surface area contributed by atoms with Crippen LogP contribution < -0.4 is 5.32 Å². The van der Waals surface area contributed by atoms with Crippen molar-refractivity contribution >= 4 is 0 Å². The molecule has 4 rings (SSSR count). The number of rotatable bonds is 6. The van der Waals surface area contributed by atoms with E-state index in [0.717, 1.165) is 17.9 Å². The van der Waals surface area contributed by atoms with Gasteiger partial charge in [0.15, 0.2) is 0 Å². The van der Waals surface area contributed by atoms with Gasteiger partial charge < -0.3 is 5.32 Å². The van der Waals surface area contributed by atoms with Gasteiger partial charge in [-0.3, -0.25) is 4.68 Å². The van der Waals surface area contributed by atoms with Gasteiger partial charge in [-0.1, -0.05) is 18.1 Å². The zero-order valence-corrected chi connectivity index (χ0v) is 12.3. The molecule has 2 aliphatic rings. The van der Waals surface area contributed by atoms with E-state index in [-0.39, 0.29) is 0 Å². The molecule has 2 saturated carbocycles. The minimum Gasteiger partial charge on any atom is -0.308 e. The van der Waals surface area contributed by atoms with Gasteiger partial charge in [-0.2, -0.15) is 5.10 Å². The van der Waals surface area contributed by atoms with Crippen molar-refractivity contribution in [1.82, 2.24) is 30.1 Å². The quantitative estimate of drug-likeness (QED) is 0.881. The van der Waals surface area contributed by atoms with Crippen molar-refractivity contribution in [1.29, 1.82) is 0 Å². The van der Waals surface area contributed by atoms with E-state index >= 15 is 0 Å². The minimum absolute atomic E-state index is 0.604. The van der Waals surface area contributed by atoms with Crippen molar-refractivity contribution in [3.8, 4) is 0 Å². The fraction of sp³-hybridized carbons (Fsp3) is 0.667. The summed E-state index contributed by atoms with van der Waals surface area (Å²) >= 11 is 0. The van der Waals surface area contributed by atoms with Gasteiger partial charge in [-0.15, -0.1) is 5.10 Å². The Labute approximate surface area is 124 Å². The summed E-state index contributed by atoms with van der Waals surface area (Å²) in [4.78, 5) is 0. The Hall–Kier alpha value is -1.69. The highest BCUT2D eigenvalue weighted by Crippen LogP contribution is 2.28. The lowest BCUT2D eigenvalue weighted by Gasteiger charge is -2.08. The first-order valence-corrected chi connectivity index (χ1v) is 8.03. The summed E-state index contributed by atoms with van der Waals surface area (Å²) in [5, 5.41) is 16.6. The summed E-state index contributed by atoms with van der Waals surface area (Å²) in [6.07, 6.45) is 11.9. The maximum absolute atomic E-state index is 4.69. The number of nitrogens with zero attached hydrogens (tertiary/aromatic N) is 5. The molecule has 0 saturated heterocycles. The Morgan fingerprint density at radius 3 is 2.81 bits per heavy atom. The van der Waals surface area contributed by atoms with E-state index in [0.29, 0.717) is 18.6 Å². The summed E-state index contributed by atoms with van der Waals surface area (Å²) in [5.74, 6) is 0. The largest absolute Gasteiger partial charge is 0.308 e. The molecule has 2 heterocycles. The minimum atomic E-state index is 0.604. The molecule has 0 spiro atoms. The third-order valence-corrected chi connectivity index (χ3v) is 4.42. The molecule has 112 valence electrons. The molecule has 0 unspecified atom stereocenters. The van der Waals surface area contributed by atoms with E-state index in [1.54, 1.807) is 0 Å². The zero-order valence-electron chi connectivity index (χ0n) is 12.3. The van der Waals surface area contributed by atoms with Crippen LogP contribution in [-0.4, -0.2) is 30.8 Å². The van der Waals surface area contributed by atoms with E-state index < -0.39 is 0 Å². The van der Waals surface area contributed by atoms with Crippen molar-refractivity contribution in [3.63, 3.8) is 0 Å². The normalized spacial score (nSPS) is 19.4. The molecular weight excluding hydrogens is 264 g/mol. The van der Waals surface area contributed by atoms with Gasteiger partial charge in [0, 0.05) is 18.8 Å². The lowest BCUT2D eigenvalue weighted by molar-refractivity contribution is 0.460. The maximum atomic E-state index is 4.69. The van der Waals surface area contributed by atoms with Crippen LogP contribution in [0.2, 0.25) is 0 Å². The second-order valence-corrected chi connectivity index (χ2v) is 6.29. The first-order valence-electron chi connectivity index (χ1n) is 8.03. The van der Waals surface area contributed by atoms with Gasteiger partial charge in [0.1, 0.15) is 0 Å². The molecule has 6 heteroatoms. The molecule has 0 aliphatic heterocycles. The molecule has 2 aromatic rings. The summed E-state index contributed by atoms with van der Waals surface area (Å²) in [5.41, 5.74) is 2.07. The van der Waals surface area contributed by atoms with Crippen molar-refractivity contribution in [3.05, 3.63) is 29.8 Å². The first kappa shape index (κ1) is 13.0. The van der Waals surface area contributed by atoms with Crippen molar-refractivity contribution in [2.24, 2.45) is 0 Å². The molecule has 0 aromatic carbocycles. The number of hydrogen-bond donors (Lipinski definition) is 1. The monoisotopic (exact) mass is 286 g/mol. The van der Waals surface area contributed by atoms with Crippen LogP contribution in [0, 0.1) is 0 Å². The summed E-state index contributed by atoms with van der Waals surface area (Å²) in [6, 6.07) is 3.41. The van der Waals surface area contributed by atoms with Gasteiger partial charge in [-0.05, 0) is 31.7 Å². The lowest BCUT2D eigenvalue weighted by atomic mass is 10.3. The topological polar surface area (TPSA) is 60.6 Å². The standard InChI is InChI=1S/C15H22N6/c1-2-4-15(3-1)21-8-7-13(18-21)10-20-11-14(17-19-20)9-16-12-5-6-12/h7-8,11-12,15-16H,1-6,9-10H2. The smallest absolute Gasteiger partial charge is 0.0965 e. The number of hydrogen-bond acceptors (Lipinski definition) is 4.